The van der Waals surface area contributed by atoms with E-state index >= 15 is 0 Å². The zero-order valence-corrected chi connectivity index (χ0v) is 10.1. The molecule has 0 spiro atoms. The van der Waals surface area contributed by atoms with Crippen LogP contribution in [0.15, 0.2) is 54.6 Å². The Kier molecular flexibility index (Phi) is 3.16. The summed E-state index contributed by atoms with van der Waals surface area (Å²) in [6, 6.07) is 17.5. The van der Waals surface area contributed by atoms with Gasteiger partial charge in [0, 0.05) is 12.7 Å². The summed E-state index contributed by atoms with van der Waals surface area (Å²) < 4.78 is 0. The highest BCUT2D eigenvalue weighted by Crippen LogP contribution is 2.29. The van der Waals surface area contributed by atoms with Gasteiger partial charge in [0.15, 0.2) is 0 Å². The van der Waals surface area contributed by atoms with Crippen LogP contribution < -0.4 is 5.32 Å². The van der Waals surface area contributed by atoms with E-state index in [1.54, 1.807) is 0 Å². The molecule has 0 amide bonds. The Morgan fingerprint density at radius 1 is 0.882 bits per heavy atom. The van der Waals surface area contributed by atoms with Gasteiger partial charge in [-0.25, -0.2) is 0 Å². The van der Waals surface area contributed by atoms with Crippen LogP contribution in [0.5, 0.6) is 0 Å². The average molecular weight is 227 g/mol. The van der Waals surface area contributed by atoms with Crippen LogP contribution in [0.4, 0.5) is 5.69 Å². The van der Waals surface area contributed by atoms with Gasteiger partial charge in [-0.05, 0) is 30.2 Å². The predicted octanol–water partition coefficient (Wildman–Crippen LogP) is 2.98. The van der Waals surface area contributed by atoms with Gasteiger partial charge in [0.25, 0.3) is 0 Å². The molecule has 2 N–H and O–H groups in total. The third-order valence-electron chi connectivity index (χ3n) is 3.07. The Balaban J connectivity index is 2.37. The van der Waals surface area contributed by atoms with E-state index in [9.17, 15) is 5.11 Å². The van der Waals surface area contributed by atoms with E-state index < -0.39 is 5.60 Å². The van der Waals surface area contributed by atoms with Crippen LogP contribution in [0.2, 0.25) is 0 Å². The van der Waals surface area contributed by atoms with E-state index in [1.165, 1.54) is 0 Å². The second kappa shape index (κ2) is 4.60. The van der Waals surface area contributed by atoms with Crippen LogP contribution in [-0.4, -0.2) is 12.2 Å². The monoisotopic (exact) mass is 227 g/mol. The van der Waals surface area contributed by atoms with Crippen molar-refractivity contribution in [3.8, 4) is 0 Å². The fraction of sp³-hybridized carbons (Fsp3) is 0.200. The van der Waals surface area contributed by atoms with Crippen molar-refractivity contribution >= 4 is 5.69 Å². The molecule has 2 aromatic rings. The first kappa shape index (κ1) is 11.7. The highest BCUT2D eigenvalue weighted by Gasteiger charge is 2.24. The van der Waals surface area contributed by atoms with Gasteiger partial charge in [-0.2, -0.15) is 0 Å². The minimum absolute atomic E-state index is 0.891. The summed E-state index contributed by atoms with van der Waals surface area (Å²) in [6.45, 7) is 1.82. The summed E-state index contributed by atoms with van der Waals surface area (Å²) >= 11 is 0. The topological polar surface area (TPSA) is 32.3 Å². The van der Waals surface area contributed by atoms with E-state index in [1.807, 2.05) is 68.6 Å². The van der Waals surface area contributed by atoms with Crippen LogP contribution in [0.3, 0.4) is 0 Å². The molecule has 2 aromatic carbocycles. The van der Waals surface area contributed by atoms with Gasteiger partial charge >= 0.3 is 0 Å². The quantitative estimate of drug-likeness (QED) is 0.845. The maximum Gasteiger partial charge on any atom is 0.112 e. The van der Waals surface area contributed by atoms with Crippen molar-refractivity contribution in [2.75, 3.05) is 12.4 Å². The normalized spacial score (nSPS) is 14.1. The summed E-state index contributed by atoms with van der Waals surface area (Å²) in [5.74, 6) is 0. The molecule has 2 nitrogen and oxygen atoms in total. The van der Waals surface area contributed by atoms with E-state index in [-0.39, 0.29) is 0 Å². The van der Waals surface area contributed by atoms with Crippen LogP contribution >= 0.6 is 0 Å². The molecule has 0 saturated carbocycles. The van der Waals surface area contributed by atoms with Crippen molar-refractivity contribution in [1.82, 2.24) is 0 Å². The summed E-state index contributed by atoms with van der Waals surface area (Å²) in [7, 11) is 1.88. The lowest BCUT2D eigenvalue weighted by Crippen LogP contribution is -2.22. The Labute approximate surface area is 102 Å². The summed E-state index contributed by atoms with van der Waals surface area (Å²) in [6.07, 6.45) is 0. The molecule has 2 heteroatoms. The van der Waals surface area contributed by atoms with Crippen molar-refractivity contribution in [3.05, 3.63) is 65.7 Å². The third-order valence-corrected chi connectivity index (χ3v) is 3.07. The van der Waals surface area contributed by atoms with Gasteiger partial charge in [0.1, 0.15) is 5.60 Å². The zero-order valence-electron chi connectivity index (χ0n) is 10.1. The number of benzene rings is 2. The number of hydrogen-bond donors (Lipinski definition) is 2. The summed E-state index contributed by atoms with van der Waals surface area (Å²) in [4.78, 5) is 0. The molecule has 0 radical (unpaired) electrons. The number of anilines is 1. The molecule has 0 fully saturated rings. The maximum atomic E-state index is 10.6. The Hall–Kier alpha value is -1.80. The average Bonchev–Trinajstić information content (AvgIpc) is 2.40. The van der Waals surface area contributed by atoms with Crippen molar-refractivity contribution in [2.45, 2.75) is 12.5 Å². The molecular weight excluding hydrogens is 210 g/mol. The molecule has 0 aliphatic heterocycles. The molecule has 17 heavy (non-hydrogen) atoms. The van der Waals surface area contributed by atoms with Crippen molar-refractivity contribution in [2.24, 2.45) is 0 Å². The fourth-order valence-corrected chi connectivity index (χ4v) is 1.89. The SMILES string of the molecule is CNc1ccc(C(C)(O)c2ccccc2)cc1. The van der Waals surface area contributed by atoms with Gasteiger partial charge < -0.3 is 10.4 Å². The molecule has 0 aliphatic rings. The Bertz CT molecular complexity index is 474. The number of rotatable bonds is 3. The highest BCUT2D eigenvalue weighted by molar-refractivity contribution is 5.46. The molecule has 1 atom stereocenters. The molecule has 0 saturated heterocycles. The molecule has 0 bridgehead atoms. The molecular formula is C15H17NO. The smallest absolute Gasteiger partial charge is 0.112 e. The lowest BCUT2D eigenvalue weighted by Gasteiger charge is -2.24. The first-order valence-corrected chi connectivity index (χ1v) is 5.71. The second-order valence-electron chi connectivity index (χ2n) is 4.27. The third kappa shape index (κ3) is 2.32. The number of hydrogen-bond acceptors (Lipinski definition) is 2. The van der Waals surface area contributed by atoms with E-state index in [4.69, 9.17) is 0 Å². The van der Waals surface area contributed by atoms with Gasteiger partial charge in [-0.15, -0.1) is 0 Å². The number of nitrogens with one attached hydrogen (secondary N) is 1. The van der Waals surface area contributed by atoms with Gasteiger partial charge in [0.2, 0.25) is 0 Å². The standard InChI is InChI=1S/C15H17NO/c1-15(17,12-6-4-3-5-7-12)13-8-10-14(16-2)11-9-13/h3-11,16-17H,1-2H3. The van der Waals surface area contributed by atoms with Gasteiger partial charge in [0.05, 0.1) is 0 Å². The van der Waals surface area contributed by atoms with Crippen molar-refractivity contribution < 1.29 is 5.11 Å². The highest BCUT2D eigenvalue weighted by atomic mass is 16.3. The van der Waals surface area contributed by atoms with E-state index in [0.717, 1.165) is 16.8 Å². The molecule has 88 valence electrons. The van der Waals surface area contributed by atoms with Crippen molar-refractivity contribution in [1.29, 1.82) is 0 Å². The first-order chi connectivity index (χ1) is 8.14. The largest absolute Gasteiger partial charge is 0.388 e. The second-order valence-corrected chi connectivity index (χ2v) is 4.27. The lowest BCUT2D eigenvalue weighted by molar-refractivity contribution is 0.102. The predicted molar refractivity (Wildman–Crippen MR) is 71.1 cm³/mol. The molecule has 0 heterocycles. The molecule has 2 rings (SSSR count). The molecule has 0 aromatic heterocycles. The van der Waals surface area contributed by atoms with E-state index in [2.05, 4.69) is 5.32 Å². The van der Waals surface area contributed by atoms with Crippen LogP contribution in [-0.2, 0) is 5.60 Å². The van der Waals surface area contributed by atoms with Gasteiger partial charge in [-0.3, -0.25) is 0 Å². The Morgan fingerprint density at radius 3 is 1.94 bits per heavy atom. The first-order valence-electron chi connectivity index (χ1n) is 5.71. The summed E-state index contributed by atoms with van der Waals surface area (Å²) in [5.41, 5.74) is 1.88. The fourth-order valence-electron chi connectivity index (χ4n) is 1.89. The minimum Gasteiger partial charge on any atom is -0.388 e. The zero-order chi connectivity index (χ0) is 12.3. The maximum absolute atomic E-state index is 10.6. The van der Waals surface area contributed by atoms with Crippen LogP contribution in [0.25, 0.3) is 0 Å². The number of aliphatic hydroxyl groups is 1. The van der Waals surface area contributed by atoms with Crippen molar-refractivity contribution in [3.63, 3.8) is 0 Å². The summed E-state index contributed by atoms with van der Waals surface area (Å²) in [5, 5.41) is 13.7. The minimum atomic E-state index is -0.951. The van der Waals surface area contributed by atoms with Crippen LogP contribution in [0.1, 0.15) is 18.1 Å². The molecule has 0 aliphatic carbocycles. The lowest BCUT2D eigenvalue weighted by atomic mass is 9.88. The van der Waals surface area contributed by atoms with Crippen LogP contribution in [0, 0.1) is 0 Å². The molecule has 1 unspecified atom stereocenters. The van der Waals surface area contributed by atoms with Gasteiger partial charge in [-0.1, -0.05) is 42.5 Å². The van der Waals surface area contributed by atoms with E-state index in [0.29, 0.717) is 0 Å². The Morgan fingerprint density at radius 2 is 1.41 bits per heavy atom.